The molecule has 0 unspecified atom stereocenters. The van der Waals surface area contributed by atoms with Crippen molar-refractivity contribution in [2.45, 2.75) is 12.8 Å². The summed E-state index contributed by atoms with van der Waals surface area (Å²) in [6.45, 7) is 0. The van der Waals surface area contributed by atoms with E-state index in [1.807, 2.05) is 0 Å². The molecule has 0 aliphatic rings. The minimum atomic E-state index is -4.83. The van der Waals surface area contributed by atoms with Gasteiger partial charge in [-0.15, -0.1) is 13.2 Å². The van der Waals surface area contributed by atoms with Gasteiger partial charge in [0.15, 0.2) is 0 Å². The highest BCUT2D eigenvalue weighted by Gasteiger charge is 2.31. The Morgan fingerprint density at radius 3 is 2.61 bits per heavy atom. The molecule has 0 aliphatic heterocycles. The fourth-order valence-electron chi connectivity index (χ4n) is 1.14. The fourth-order valence-corrected chi connectivity index (χ4v) is 1.14. The van der Waals surface area contributed by atoms with Gasteiger partial charge in [-0.1, -0.05) is 11.8 Å². The molecule has 0 atom stereocenters. The topological polar surface area (TPSA) is 50.1 Å². The summed E-state index contributed by atoms with van der Waals surface area (Å²) >= 11 is 0. The summed E-state index contributed by atoms with van der Waals surface area (Å²) < 4.78 is 39.8. The predicted molar refractivity (Wildman–Crippen MR) is 55.6 cm³/mol. The van der Waals surface area contributed by atoms with E-state index in [-0.39, 0.29) is 17.5 Å². The van der Waals surface area contributed by atoms with Crippen molar-refractivity contribution in [3.05, 3.63) is 29.3 Å². The molecule has 1 aromatic rings. The zero-order valence-corrected chi connectivity index (χ0v) is 8.91. The highest BCUT2D eigenvalue weighted by atomic mass is 19.4. The molecule has 0 aromatic heterocycles. The van der Waals surface area contributed by atoms with Crippen LogP contribution in [-0.4, -0.2) is 12.6 Å². The quantitative estimate of drug-likeness (QED) is 0.601. The lowest BCUT2D eigenvalue weighted by Crippen LogP contribution is -2.17. The Labute approximate surface area is 101 Å². The number of alkyl halides is 3. The van der Waals surface area contributed by atoms with Crippen LogP contribution >= 0.6 is 0 Å². The van der Waals surface area contributed by atoms with Crippen LogP contribution in [0.3, 0.4) is 0 Å². The molecule has 0 heterocycles. The number of benzene rings is 1. The molecule has 0 spiro atoms. The molecule has 1 rings (SSSR count). The van der Waals surface area contributed by atoms with Crippen LogP contribution in [0.1, 0.15) is 22.3 Å². The van der Waals surface area contributed by atoms with E-state index in [9.17, 15) is 18.0 Å². The van der Waals surface area contributed by atoms with Gasteiger partial charge in [-0.05, 0) is 18.2 Å². The Balaban J connectivity index is 3.07. The third kappa shape index (κ3) is 4.58. The summed E-state index contributed by atoms with van der Waals surface area (Å²) in [5.41, 5.74) is 0.187. The standard InChI is InChI=1S/C12H6F3NO2/c13-12(14,15)18-11-6-9(3-1-2-4-16)5-10(7-11)8-17/h5-8H,2H2. The first-order valence-electron chi connectivity index (χ1n) is 4.66. The Kier molecular flexibility index (Phi) is 4.33. The second-order valence-corrected chi connectivity index (χ2v) is 3.09. The van der Waals surface area contributed by atoms with Crippen molar-refractivity contribution in [3.63, 3.8) is 0 Å². The van der Waals surface area contributed by atoms with E-state index in [0.29, 0.717) is 6.29 Å². The minimum Gasteiger partial charge on any atom is -0.406 e. The SMILES string of the molecule is N#CCC#Cc1cc(C=O)cc(OC(F)(F)F)c1. The van der Waals surface area contributed by atoms with Gasteiger partial charge in [0, 0.05) is 11.1 Å². The zero-order chi connectivity index (χ0) is 13.6. The number of ether oxygens (including phenoxy) is 1. The van der Waals surface area contributed by atoms with E-state index in [1.54, 1.807) is 6.07 Å². The van der Waals surface area contributed by atoms with Crippen LogP contribution in [0.4, 0.5) is 13.2 Å². The first kappa shape index (κ1) is 13.6. The molecule has 1 aromatic carbocycles. The molecule has 0 N–H and O–H groups in total. The maximum Gasteiger partial charge on any atom is 0.573 e. The smallest absolute Gasteiger partial charge is 0.406 e. The molecule has 0 aliphatic carbocycles. The number of hydrogen-bond donors (Lipinski definition) is 0. The van der Waals surface area contributed by atoms with Crippen molar-refractivity contribution < 1.29 is 22.7 Å². The molecular weight excluding hydrogens is 247 g/mol. The van der Waals surface area contributed by atoms with Gasteiger partial charge in [-0.3, -0.25) is 4.79 Å². The van der Waals surface area contributed by atoms with Gasteiger partial charge in [0.25, 0.3) is 0 Å². The number of carbonyl (C=O) groups excluding carboxylic acids is 1. The minimum absolute atomic E-state index is 0.0120. The lowest BCUT2D eigenvalue weighted by atomic mass is 10.1. The largest absolute Gasteiger partial charge is 0.573 e. The van der Waals surface area contributed by atoms with E-state index in [2.05, 4.69) is 16.6 Å². The predicted octanol–water partition coefficient (Wildman–Crippen LogP) is 2.66. The van der Waals surface area contributed by atoms with Crippen LogP contribution in [0.15, 0.2) is 18.2 Å². The lowest BCUT2D eigenvalue weighted by Gasteiger charge is -2.09. The van der Waals surface area contributed by atoms with Gasteiger partial charge < -0.3 is 4.74 Å². The van der Waals surface area contributed by atoms with Crippen LogP contribution < -0.4 is 4.74 Å². The van der Waals surface area contributed by atoms with Gasteiger partial charge in [-0.2, -0.15) is 5.26 Å². The third-order valence-electron chi connectivity index (χ3n) is 1.70. The number of nitriles is 1. The Bertz CT molecular complexity index is 547. The number of halogens is 3. The van der Waals surface area contributed by atoms with Gasteiger partial charge in [0.2, 0.25) is 0 Å². The maximum atomic E-state index is 12.0. The number of hydrogen-bond acceptors (Lipinski definition) is 3. The van der Waals surface area contributed by atoms with Crippen molar-refractivity contribution in [3.8, 4) is 23.7 Å². The Morgan fingerprint density at radius 1 is 1.33 bits per heavy atom. The monoisotopic (exact) mass is 253 g/mol. The van der Waals surface area contributed by atoms with E-state index >= 15 is 0 Å². The number of rotatable bonds is 2. The molecule has 0 fully saturated rings. The summed E-state index contributed by atoms with van der Waals surface area (Å²) in [4.78, 5) is 10.6. The molecule has 0 amide bonds. The summed E-state index contributed by atoms with van der Waals surface area (Å²) in [7, 11) is 0. The van der Waals surface area contributed by atoms with Crippen LogP contribution in [0.5, 0.6) is 5.75 Å². The third-order valence-corrected chi connectivity index (χ3v) is 1.70. The van der Waals surface area contributed by atoms with Crippen molar-refractivity contribution in [1.29, 1.82) is 5.26 Å². The normalized spacial score (nSPS) is 9.89. The molecule has 0 radical (unpaired) electrons. The summed E-state index contributed by atoms with van der Waals surface area (Å²) in [6.07, 6.45) is -4.50. The summed E-state index contributed by atoms with van der Waals surface area (Å²) in [5.74, 6) is 4.38. The van der Waals surface area contributed by atoms with Gasteiger partial charge >= 0.3 is 6.36 Å². The fraction of sp³-hybridized carbons (Fsp3) is 0.167. The average Bonchev–Trinajstić information content (AvgIpc) is 2.26. The molecule has 0 saturated heterocycles. The van der Waals surface area contributed by atoms with E-state index in [4.69, 9.17) is 5.26 Å². The zero-order valence-electron chi connectivity index (χ0n) is 8.91. The molecule has 92 valence electrons. The van der Waals surface area contributed by atoms with Crippen molar-refractivity contribution in [2.24, 2.45) is 0 Å². The maximum absolute atomic E-state index is 12.0. The van der Waals surface area contributed by atoms with E-state index in [0.717, 1.165) is 12.1 Å². The lowest BCUT2D eigenvalue weighted by molar-refractivity contribution is -0.274. The number of carbonyl (C=O) groups is 1. The molecule has 3 nitrogen and oxygen atoms in total. The Morgan fingerprint density at radius 2 is 2.06 bits per heavy atom. The Hall–Kier alpha value is -2.47. The number of nitrogens with zero attached hydrogens (tertiary/aromatic N) is 1. The summed E-state index contributed by atoms with van der Waals surface area (Å²) in [6, 6.07) is 5.07. The molecule has 18 heavy (non-hydrogen) atoms. The first-order chi connectivity index (χ1) is 8.44. The van der Waals surface area contributed by atoms with Crippen LogP contribution in [0.25, 0.3) is 0 Å². The van der Waals surface area contributed by atoms with Crippen LogP contribution in [0, 0.1) is 23.2 Å². The summed E-state index contributed by atoms with van der Waals surface area (Å²) in [5, 5.41) is 8.27. The highest BCUT2D eigenvalue weighted by Crippen LogP contribution is 2.24. The van der Waals surface area contributed by atoms with Crippen molar-refractivity contribution >= 4 is 6.29 Å². The van der Waals surface area contributed by atoms with Gasteiger partial charge in [0.1, 0.15) is 12.0 Å². The second kappa shape index (κ2) is 5.74. The van der Waals surface area contributed by atoms with Crippen molar-refractivity contribution in [2.75, 3.05) is 0 Å². The highest BCUT2D eigenvalue weighted by molar-refractivity contribution is 5.76. The average molecular weight is 253 g/mol. The van der Waals surface area contributed by atoms with Gasteiger partial charge in [0.05, 0.1) is 12.5 Å². The molecule has 0 bridgehead atoms. The van der Waals surface area contributed by atoms with Crippen LogP contribution in [-0.2, 0) is 0 Å². The molecular formula is C12H6F3NO2. The molecule has 0 saturated carbocycles. The van der Waals surface area contributed by atoms with Crippen molar-refractivity contribution in [1.82, 2.24) is 0 Å². The first-order valence-corrected chi connectivity index (χ1v) is 4.66. The van der Waals surface area contributed by atoms with E-state index < -0.39 is 12.1 Å². The molecule has 6 heteroatoms. The van der Waals surface area contributed by atoms with Crippen LogP contribution in [0.2, 0.25) is 0 Å². The van der Waals surface area contributed by atoms with Gasteiger partial charge in [-0.25, -0.2) is 0 Å². The second-order valence-electron chi connectivity index (χ2n) is 3.09. The van der Waals surface area contributed by atoms with E-state index in [1.165, 1.54) is 6.07 Å². The number of aldehydes is 1.